The molecule has 3 heterocycles. The van der Waals surface area contributed by atoms with Crippen LogP contribution in [0.3, 0.4) is 0 Å². The second-order valence-corrected chi connectivity index (χ2v) is 7.08. The summed E-state index contributed by atoms with van der Waals surface area (Å²) < 4.78 is 77.5. The number of carbonyl (C=O) groups is 1. The number of likely N-dealkylation sites (tertiary alicyclic amines) is 1. The number of amides is 1. The Morgan fingerprint density at radius 2 is 2.18 bits per heavy atom. The summed E-state index contributed by atoms with van der Waals surface area (Å²) in [4.78, 5) is 21.4. The van der Waals surface area contributed by atoms with Gasteiger partial charge in [-0.05, 0) is 47.1 Å². The van der Waals surface area contributed by atoms with E-state index in [1.165, 1.54) is 6.07 Å². The summed E-state index contributed by atoms with van der Waals surface area (Å²) in [7, 11) is 0. The lowest BCUT2D eigenvalue weighted by Crippen LogP contribution is -2.49. The van der Waals surface area contributed by atoms with Crippen LogP contribution in [0.4, 0.5) is 13.2 Å². The second kappa shape index (κ2) is 6.84. The van der Waals surface area contributed by atoms with E-state index in [1.54, 1.807) is 6.92 Å². The molecule has 0 bridgehead atoms. The molecule has 1 aliphatic heterocycles. The molecule has 0 aliphatic carbocycles. The summed E-state index contributed by atoms with van der Waals surface area (Å²) in [6.45, 7) is -2.84. The van der Waals surface area contributed by atoms with Crippen LogP contribution in [0.15, 0.2) is 35.1 Å². The Balaban J connectivity index is 1.88. The Kier molecular flexibility index (Phi) is 3.54. The maximum atomic E-state index is 15.3. The van der Waals surface area contributed by atoms with Gasteiger partial charge in [0.05, 0.1) is 19.4 Å². The molecule has 0 N–H and O–H groups in total. The number of benzene rings is 1. The van der Waals surface area contributed by atoms with Crippen molar-refractivity contribution in [2.75, 3.05) is 13.0 Å². The molecule has 6 nitrogen and oxygen atoms in total. The van der Waals surface area contributed by atoms with Gasteiger partial charge in [-0.3, -0.25) is 4.79 Å². The smallest absolute Gasteiger partial charge is 0.266 e. The normalized spacial score (nSPS) is 24.9. The third-order valence-electron chi connectivity index (χ3n) is 4.17. The fraction of sp³-hybridized carbons (Fsp3) is 0.333. The number of rotatable bonds is 2. The van der Waals surface area contributed by atoms with E-state index >= 15 is 8.78 Å². The first kappa shape index (κ1) is 14.5. The third kappa shape index (κ3) is 3.48. The SMILES string of the molecule is [2H]C1([2H])C(c2cc(C)nc3ncnn23)CN(C(=O)c2ccc(F)c(Br)c2)C([2H])([2H])C1(F)F. The Bertz CT molecular complexity index is 1240. The van der Waals surface area contributed by atoms with Crippen molar-refractivity contribution < 1.29 is 23.4 Å². The topological polar surface area (TPSA) is 63.4 Å². The predicted molar refractivity (Wildman–Crippen MR) is 97.8 cm³/mol. The Labute approximate surface area is 172 Å². The second-order valence-electron chi connectivity index (χ2n) is 6.22. The van der Waals surface area contributed by atoms with E-state index < -0.39 is 43.0 Å². The highest BCUT2D eigenvalue weighted by Gasteiger charge is 2.43. The Morgan fingerprint density at radius 1 is 1.39 bits per heavy atom. The number of piperidine rings is 1. The average Bonchev–Trinajstić information content (AvgIpc) is 3.16. The number of alkyl halides is 2. The molecular formula is C18H15BrF3N5O. The molecule has 3 aromatic rings. The number of hydrogen-bond acceptors (Lipinski definition) is 4. The summed E-state index contributed by atoms with van der Waals surface area (Å²) >= 11 is 2.91. The molecule has 0 saturated carbocycles. The molecule has 0 radical (unpaired) electrons. The average molecular weight is 458 g/mol. The maximum Gasteiger partial charge on any atom is 0.266 e. The van der Waals surface area contributed by atoms with Crippen LogP contribution in [-0.2, 0) is 0 Å². The fourth-order valence-corrected chi connectivity index (χ4v) is 3.37. The molecule has 4 rings (SSSR count). The molecule has 1 aliphatic rings. The van der Waals surface area contributed by atoms with E-state index in [0.717, 1.165) is 29.0 Å². The van der Waals surface area contributed by atoms with Gasteiger partial charge in [0, 0.05) is 32.8 Å². The van der Waals surface area contributed by atoms with E-state index in [-0.39, 0.29) is 26.4 Å². The van der Waals surface area contributed by atoms with Crippen molar-refractivity contribution in [3.8, 4) is 0 Å². The molecule has 1 unspecified atom stereocenters. The number of aromatic nitrogens is 4. The lowest BCUT2D eigenvalue weighted by molar-refractivity contribution is -0.0641. The van der Waals surface area contributed by atoms with E-state index in [2.05, 4.69) is 31.0 Å². The van der Waals surface area contributed by atoms with E-state index in [4.69, 9.17) is 5.48 Å². The third-order valence-corrected chi connectivity index (χ3v) is 4.78. The minimum atomic E-state index is -4.61. The van der Waals surface area contributed by atoms with Gasteiger partial charge in [0.25, 0.3) is 17.6 Å². The number of fused-ring (bicyclic) bond motifs is 1. The van der Waals surface area contributed by atoms with Crippen LogP contribution in [0.2, 0.25) is 0 Å². The highest BCUT2D eigenvalue weighted by molar-refractivity contribution is 9.10. The fourth-order valence-electron chi connectivity index (χ4n) is 2.99. The Hall–Kier alpha value is -2.49. The van der Waals surface area contributed by atoms with E-state index in [9.17, 15) is 9.18 Å². The van der Waals surface area contributed by atoms with Crippen molar-refractivity contribution in [1.82, 2.24) is 24.5 Å². The number of aryl methyl sites for hydroxylation is 1. The van der Waals surface area contributed by atoms with E-state index in [0.29, 0.717) is 5.69 Å². The van der Waals surface area contributed by atoms with Crippen LogP contribution in [0.1, 0.15) is 39.5 Å². The van der Waals surface area contributed by atoms with Gasteiger partial charge in [-0.2, -0.15) is 10.1 Å². The highest BCUT2D eigenvalue weighted by Crippen LogP contribution is 2.37. The van der Waals surface area contributed by atoms with Gasteiger partial charge in [0.15, 0.2) is 0 Å². The lowest BCUT2D eigenvalue weighted by Gasteiger charge is -2.37. The largest absolute Gasteiger partial charge is 0.332 e. The molecule has 28 heavy (non-hydrogen) atoms. The molecule has 1 fully saturated rings. The number of nitrogens with zero attached hydrogens (tertiary/aromatic N) is 5. The number of halogens is 4. The summed E-state index contributed by atoms with van der Waals surface area (Å²) in [6.07, 6.45) is -2.27. The molecule has 1 saturated heterocycles. The summed E-state index contributed by atoms with van der Waals surface area (Å²) in [6, 6.07) is 4.38. The van der Waals surface area contributed by atoms with Gasteiger partial charge < -0.3 is 4.90 Å². The first-order valence-corrected chi connectivity index (χ1v) is 8.90. The summed E-state index contributed by atoms with van der Waals surface area (Å²) in [5.41, 5.74) is 0.0766. The minimum Gasteiger partial charge on any atom is -0.332 e. The van der Waals surface area contributed by atoms with Crippen LogP contribution < -0.4 is 0 Å². The lowest BCUT2D eigenvalue weighted by atomic mass is 9.91. The van der Waals surface area contributed by atoms with Crippen molar-refractivity contribution in [2.45, 2.75) is 25.1 Å². The van der Waals surface area contributed by atoms with Crippen molar-refractivity contribution >= 4 is 27.6 Å². The zero-order chi connectivity index (χ0) is 23.6. The van der Waals surface area contributed by atoms with Crippen LogP contribution in [0.5, 0.6) is 0 Å². The molecule has 0 spiro atoms. The van der Waals surface area contributed by atoms with Gasteiger partial charge in [0.2, 0.25) is 0 Å². The number of carbonyl (C=O) groups excluding carboxylic acids is 1. The molecule has 2 aromatic heterocycles. The molecule has 1 aromatic carbocycles. The zero-order valence-electron chi connectivity index (χ0n) is 18.3. The minimum absolute atomic E-state index is 0.0386. The van der Waals surface area contributed by atoms with Crippen molar-refractivity contribution in [2.24, 2.45) is 0 Å². The van der Waals surface area contributed by atoms with Gasteiger partial charge >= 0.3 is 0 Å². The summed E-state index contributed by atoms with van der Waals surface area (Å²) in [5, 5.41) is 3.92. The van der Waals surface area contributed by atoms with Crippen molar-refractivity contribution in [1.29, 1.82) is 0 Å². The van der Waals surface area contributed by atoms with Gasteiger partial charge in [-0.25, -0.2) is 22.7 Å². The quantitative estimate of drug-likeness (QED) is 0.589. The van der Waals surface area contributed by atoms with Gasteiger partial charge in [-0.15, -0.1) is 0 Å². The van der Waals surface area contributed by atoms with Crippen LogP contribution in [0, 0.1) is 12.7 Å². The highest BCUT2D eigenvalue weighted by atomic mass is 79.9. The van der Waals surface area contributed by atoms with Crippen molar-refractivity contribution in [3.05, 3.63) is 57.8 Å². The standard InChI is InChI=1S/C18H15BrF3N5O/c1-10-4-15(27-17(25-10)23-9-24-27)12-6-18(21,22)8-26(7-12)16(28)11-2-3-14(20)13(19)5-11/h2-5,9,12H,6-8H2,1H3/i6D2,8D2. The Morgan fingerprint density at radius 3 is 2.93 bits per heavy atom. The molecular weight excluding hydrogens is 439 g/mol. The predicted octanol–water partition coefficient (Wildman–Crippen LogP) is 3.60. The van der Waals surface area contributed by atoms with Crippen LogP contribution in [0.25, 0.3) is 5.78 Å². The molecule has 146 valence electrons. The zero-order valence-corrected chi connectivity index (χ0v) is 15.9. The molecule has 1 amide bonds. The molecule has 1 atom stereocenters. The summed E-state index contributed by atoms with van der Waals surface area (Å²) in [5.74, 6) is -8.08. The number of hydrogen-bond donors (Lipinski definition) is 0. The van der Waals surface area contributed by atoms with E-state index in [1.807, 2.05) is 0 Å². The first-order chi connectivity index (χ1) is 14.8. The van der Waals surface area contributed by atoms with Crippen molar-refractivity contribution in [3.63, 3.8) is 0 Å². The monoisotopic (exact) mass is 457 g/mol. The van der Waals surface area contributed by atoms with Gasteiger partial charge in [0.1, 0.15) is 12.1 Å². The van der Waals surface area contributed by atoms with Crippen LogP contribution in [-0.4, -0.2) is 49.4 Å². The first-order valence-electron chi connectivity index (χ1n) is 10.1. The van der Waals surface area contributed by atoms with Gasteiger partial charge in [-0.1, -0.05) is 0 Å². The maximum absolute atomic E-state index is 15.3. The van der Waals surface area contributed by atoms with Crippen LogP contribution >= 0.6 is 15.9 Å². The molecule has 10 heteroatoms.